The average molecular weight is 223 g/mol. The summed E-state index contributed by atoms with van der Waals surface area (Å²) in [6, 6.07) is 0.193. The fourth-order valence-electron chi connectivity index (χ4n) is 1.54. The molecule has 2 unspecified atom stereocenters. The third kappa shape index (κ3) is 3.54. The van der Waals surface area contributed by atoms with E-state index >= 15 is 0 Å². The molecule has 0 amide bonds. The molecule has 0 radical (unpaired) electrons. The predicted octanol–water partition coefficient (Wildman–Crippen LogP) is 1.85. The van der Waals surface area contributed by atoms with E-state index in [4.69, 9.17) is 10.5 Å². The average Bonchev–Trinajstić information content (AvgIpc) is 2.32. The smallest absolute Gasteiger partial charge is 0.157 e. The van der Waals surface area contributed by atoms with Crippen molar-refractivity contribution in [2.45, 2.75) is 45.3 Å². The third-order valence-electron chi connectivity index (χ3n) is 2.69. The molecule has 4 nitrogen and oxygen atoms in total. The summed E-state index contributed by atoms with van der Waals surface area (Å²) in [5.41, 5.74) is 6.96. The molecule has 16 heavy (non-hydrogen) atoms. The van der Waals surface area contributed by atoms with Crippen molar-refractivity contribution in [2.75, 3.05) is 7.11 Å². The minimum absolute atomic E-state index is 0.00565. The van der Waals surface area contributed by atoms with Gasteiger partial charge < -0.3 is 10.5 Å². The summed E-state index contributed by atoms with van der Waals surface area (Å²) in [6.45, 7) is 4.14. The van der Waals surface area contributed by atoms with Gasteiger partial charge in [-0.3, -0.25) is 0 Å². The van der Waals surface area contributed by atoms with Crippen molar-refractivity contribution in [3.63, 3.8) is 0 Å². The zero-order chi connectivity index (χ0) is 12.0. The number of ether oxygens (including phenoxy) is 1. The van der Waals surface area contributed by atoms with Crippen LogP contribution in [0.2, 0.25) is 0 Å². The molecule has 1 heterocycles. The highest BCUT2D eigenvalue weighted by Gasteiger charge is 2.11. The molecule has 0 spiro atoms. The molecular weight excluding hydrogens is 202 g/mol. The molecule has 1 aromatic heterocycles. The molecular formula is C12H21N3O. The van der Waals surface area contributed by atoms with E-state index in [0.29, 0.717) is 0 Å². The minimum atomic E-state index is -0.00565. The fraction of sp³-hybridized carbons (Fsp3) is 0.667. The van der Waals surface area contributed by atoms with Crippen molar-refractivity contribution in [1.29, 1.82) is 0 Å². The standard InChI is InChI=1S/C12H21N3O/c1-4-10(13)6-9-7-14-12(15-8-9)11(5-2)16-3/h7-8,10-11H,4-6,13H2,1-3H3. The number of hydrogen-bond acceptors (Lipinski definition) is 4. The first-order chi connectivity index (χ1) is 7.71. The lowest BCUT2D eigenvalue weighted by Crippen LogP contribution is -2.21. The van der Waals surface area contributed by atoms with Gasteiger partial charge in [0, 0.05) is 25.5 Å². The SMILES string of the molecule is CCC(N)Cc1cnc(C(CC)OC)nc1. The molecule has 1 rings (SSSR count). The second-order valence-corrected chi connectivity index (χ2v) is 3.95. The molecule has 2 atom stereocenters. The van der Waals surface area contributed by atoms with Crippen LogP contribution in [-0.4, -0.2) is 23.1 Å². The first-order valence-corrected chi connectivity index (χ1v) is 5.80. The Morgan fingerprint density at radius 2 is 1.88 bits per heavy atom. The molecule has 0 aliphatic carbocycles. The van der Waals surface area contributed by atoms with Gasteiger partial charge in [0.15, 0.2) is 5.82 Å². The topological polar surface area (TPSA) is 61.0 Å². The second kappa shape index (κ2) is 6.55. The Labute approximate surface area is 97.2 Å². The van der Waals surface area contributed by atoms with E-state index in [2.05, 4.69) is 23.8 Å². The van der Waals surface area contributed by atoms with E-state index < -0.39 is 0 Å². The Morgan fingerprint density at radius 1 is 1.25 bits per heavy atom. The van der Waals surface area contributed by atoms with Gasteiger partial charge in [0.1, 0.15) is 6.10 Å². The van der Waals surface area contributed by atoms with E-state index in [0.717, 1.165) is 30.7 Å². The number of hydrogen-bond donors (Lipinski definition) is 1. The predicted molar refractivity (Wildman–Crippen MR) is 64.0 cm³/mol. The Morgan fingerprint density at radius 3 is 2.31 bits per heavy atom. The zero-order valence-electron chi connectivity index (χ0n) is 10.3. The van der Waals surface area contributed by atoms with Crippen LogP contribution in [0.25, 0.3) is 0 Å². The van der Waals surface area contributed by atoms with Crippen LogP contribution in [-0.2, 0) is 11.2 Å². The van der Waals surface area contributed by atoms with Gasteiger partial charge >= 0.3 is 0 Å². The molecule has 2 N–H and O–H groups in total. The molecule has 0 saturated carbocycles. The lowest BCUT2D eigenvalue weighted by atomic mass is 10.1. The van der Waals surface area contributed by atoms with Crippen LogP contribution >= 0.6 is 0 Å². The maximum absolute atomic E-state index is 5.87. The maximum atomic E-state index is 5.87. The van der Waals surface area contributed by atoms with E-state index in [1.54, 1.807) is 7.11 Å². The van der Waals surface area contributed by atoms with E-state index in [-0.39, 0.29) is 12.1 Å². The quantitative estimate of drug-likeness (QED) is 0.799. The molecule has 4 heteroatoms. The zero-order valence-corrected chi connectivity index (χ0v) is 10.3. The van der Waals surface area contributed by atoms with Crippen LogP contribution in [0.3, 0.4) is 0 Å². The van der Waals surface area contributed by atoms with Crippen LogP contribution in [0.5, 0.6) is 0 Å². The lowest BCUT2D eigenvalue weighted by molar-refractivity contribution is 0.0925. The van der Waals surface area contributed by atoms with Crippen LogP contribution in [0.4, 0.5) is 0 Å². The lowest BCUT2D eigenvalue weighted by Gasteiger charge is -2.12. The maximum Gasteiger partial charge on any atom is 0.157 e. The van der Waals surface area contributed by atoms with Gasteiger partial charge in [0.05, 0.1) is 0 Å². The minimum Gasteiger partial charge on any atom is -0.373 e. The highest BCUT2D eigenvalue weighted by molar-refractivity contribution is 5.08. The van der Waals surface area contributed by atoms with Crippen LogP contribution in [0.15, 0.2) is 12.4 Å². The van der Waals surface area contributed by atoms with Gasteiger partial charge in [0.25, 0.3) is 0 Å². The third-order valence-corrected chi connectivity index (χ3v) is 2.69. The normalized spacial score (nSPS) is 14.8. The van der Waals surface area contributed by atoms with Crippen LogP contribution in [0, 0.1) is 0 Å². The van der Waals surface area contributed by atoms with E-state index in [1.807, 2.05) is 12.4 Å². The Balaban J connectivity index is 2.67. The van der Waals surface area contributed by atoms with Crippen LogP contribution in [0.1, 0.15) is 44.2 Å². The van der Waals surface area contributed by atoms with Gasteiger partial charge in [-0.25, -0.2) is 9.97 Å². The largest absolute Gasteiger partial charge is 0.373 e. The molecule has 0 fully saturated rings. The molecule has 1 aromatic rings. The van der Waals surface area contributed by atoms with E-state index in [9.17, 15) is 0 Å². The number of nitrogens with zero attached hydrogens (tertiary/aromatic N) is 2. The van der Waals surface area contributed by atoms with Gasteiger partial charge in [-0.2, -0.15) is 0 Å². The number of aromatic nitrogens is 2. The summed E-state index contributed by atoms with van der Waals surface area (Å²) in [4.78, 5) is 8.63. The highest BCUT2D eigenvalue weighted by atomic mass is 16.5. The highest BCUT2D eigenvalue weighted by Crippen LogP contribution is 2.15. The Kier molecular flexibility index (Phi) is 5.35. The first kappa shape index (κ1) is 13.1. The van der Waals surface area contributed by atoms with Gasteiger partial charge in [-0.05, 0) is 24.8 Å². The van der Waals surface area contributed by atoms with Crippen LogP contribution < -0.4 is 5.73 Å². The molecule has 0 aromatic carbocycles. The van der Waals surface area contributed by atoms with Crippen molar-refractivity contribution >= 4 is 0 Å². The molecule has 0 aliphatic rings. The fourth-order valence-corrected chi connectivity index (χ4v) is 1.54. The van der Waals surface area contributed by atoms with Crippen molar-refractivity contribution < 1.29 is 4.74 Å². The Bertz CT molecular complexity index is 296. The van der Waals surface area contributed by atoms with Gasteiger partial charge in [0.2, 0.25) is 0 Å². The van der Waals surface area contributed by atoms with Crippen molar-refractivity contribution in [1.82, 2.24) is 9.97 Å². The summed E-state index contributed by atoms with van der Waals surface area (Å²) < 4.78 is 5.28. The van der Waals surface area contributed by atoms with Crippen molar-refractivity contribution in [3.05, 3.63) is 23.8 Å². The van der Waals surface area contributed by atoms with Crippen molar-refractivity contribution in [3.8, 4) is 0 Å². The first-order valence-electron chi connectivity index (χ1n) is 5.80. The van der Waals surface area contributed by atoms with Gasteiger partial charge in [-0.1, -0.05) is 13.8 Å². The number of nitrogens with two attached hydrogens (primary N) is 1. The summed E-state index contributed by atoms with van der Waals surface area (Å²) in [5.74, 6) is 0.749. The van der Waals surface area contributed by atoms with E-state index in [1.165, 1.54) is 0 Å². The summed E-state index contributed by atoms with van der Waals surface area (Å²) in [6.07, 6.45) is 6.37. The van der Waals surface area contributed by atoms with Gasteiger partial charge in [-0.15, -0.1) is 0 Å². The summed E-state index contributed by atoms with van der Waals surface area (Å²) in [5, 5.41) is 0. The molecule has 0 saturated heterocycles. The second-order valence-electron chi connectivity index (χ2n) is 3.95. The molecule has 90 valence electrons. The summed E-state index contributed by atoms with van der Waals surface area (Å²) >= 11 is 0. The monoisotopic (exact) mass is 223 g/mol. The number of rotatable bonds is 6. The summed E-state index contributed by atoms with van der Waals surface area (Å²) in [7, 11) is 1.68. The molecule has 0 aliphatic heterocycles. The molecule has 0 bridgehead atoms. The number of methoxy groups -OCH3 is 1. The Hall–Kier alpha value is -1.00. The van der Waals surface area contributed by atoms with Crippen molar-refractivity contribution in [2.24, 2.45) is 5.73 Å².